The van der Waals surface area contributed by atoms with E-state index >= 15 is 0 Å². The summed E-state index contributed by atoms with van der Waals surface area (Å²) in [5.41, 5.74) is 3.23. The molecular weight excluding hydrogens is 412 g/mol. The predicted octanol–water partition coefficient (Wildman–Crippen LogP) is 4.63. The van der Waals surface area contributed by atoms with Crippen molar-refractivity contribution in [2.24, 2.45) is 0 Å². The maximum Gasteiger partial charge on any atom is 0.261 e. The summed E-state index contributed by atoms with van der Waals surface area (Å²) in [5, 5.41) is 2.79. The minimum absolute atomic E-state index is 0.202. The number of methoxy groups -OCH3 is 1. The van der Waals surface area contributed by atoms with E-state index in [-0.39, 0.29) is 16.1 Å². The van der Waals surface area contributed by atoms with Crippen LogP contribution in [-0.4, -0.2) is 21.4 Å². The van der Waals surface area contributed by atoms with Gasteiger partial charge < -0.3 is 10.1 Å². The molecule has 0 aliphatic heterocycles. The molecule has 3 aromatic rings. The van der Waals surface area contributed by atoms with Gasteiger partial charge in [-0.2, -0.15) is 0 Å². The normalized spacial score (nSPS) is 13.2. The van der Waals surface area contributed by atoms with Crippen LogP contribution in [0.2, 0.25) is 0 Å². The zero-order valence-electron chi connectivity index (χ0n) is 17.2. The molecule has 31 heavy (non-hydrogen) atoms. The van der Waals surface area contributed by atoms with Crippen LogP contribution in [0.1, 0.15) is 34.3 Å². The average Bonchev–Trinajstić information content (AvgIpc) is 2.79. The Morgan fingerprint density at radius 3 is 2.32 bits per heavy atom. The summed E-state index contributed by atoms with van der Waals surface area (Å²) in [7, 11) is -2.32. The maximum absolute atomic E-state index is 13.1. The molecule has 4 rings (SSSR count). The zero-order valence-corrected chi connectivity index (χ0v) is 18.0. The molecule has 160 valence electrons. The number of para-hydroxylation sites is 3. The molecule has 0 saturated carbocycles. The van der Waals surface area contributed by atoms with Crippen molar-refractivity contribution in [2.75, 3.05) is 17.1 Å². The Kier molecular flexibility index (Phi) is 5.95. The number of hydrogen-bond acceptors (Lipinski definition) is 4. The maximum atomic E-state index is 13.1. The van der Waals surface area contributed by atoms with Gasteiger partial charge in [0.15, 0.2) is 0 Å². The quantitative estimate of drug-likeness (QED) is 0.590. The first-order valence-corrected chi connectivity index (χ1v) is 11.6. The van der Waals surface area contributed by atoms with Gasteiger partial charge in [-0.15, -0.1) is 0 Å². The van der Waals surface area contributed by atoms with Crippen molar-refractivity contribution in [2.45, 2.75) is 30.6 Å². The van der Waals surface area contributed by atoms with E-state index in [2.05, 4.69) is 10.0 Å². The largest absolute Gasteiger partial charge is 0.495 e. The number of carbonyl (C=O) groups excluding carboxylic acids is 1. The number of sulfonamides is 1. The van der Waals surface area contributed by atoms with Crippen molar-refractivity contribution in [3.63, 3.8) is 0 Å². The SMILES string of the molecule is COc1ccccc1NC(=O)c1ccccc1NS(=O)(=O)c1ccc2c(c1)CCCC2. The van der Waals surface area contributed by atoms with Gasteiger partial charge >= 0.3 is 0 Å². The number of anilines is 2. The summed E-state index contributed by atoms with van der Waals surface area (Å²) in [5.74, 6) is 0.0798. The van der Waals surface area contributed by atoms with Crippen molar-refractivity contribution in [3.05, 3.63) is 83.4 Å². The number of amides is 1. The van der Waals surface area contributed by atoms with Crippen LogP contribution in [0.4, 0.5) is 11.4 Å². The van der Waals surface area contributed by atoms with Crippen LogP contribution in [0.15, 0.2) is 71.6 Å². The van der Waals surface area contributed by atoms with Crippen LogP contribution in [0, 0.1) is 0 Å². The molecular formula is C24H24N2O4S. The molecule has 1 aliphatic carbocycles. The van der Waals surface area contributed by atoms with Crippen molar-refractivity contribution >= 4 is 27.3 Å². The van der Waals surface area contributed by atoms with Crippen molar-refractivity contribution in [1.82, 2.24) is 0 Å². The van der Waals surface area contributed by atoms with Crippen molar-refractivity contribution in [1.29, 1.82) is 0 Å². The first kappa shape index (κ1) is 20.9. The molecule has 0 spiro atoms. The number of carbonyl (C=O) groups is 1. The number of nitrogens with one attached hydrogen (secondary N) is 2. The third kappa shape index (κ3) is 4.56. The van der Waals surface area contributed by atoms with Crippen LogP contribution >= 0.6 is 0 Å². The summed E-state index contributed by atoms with van der Waals surface area (Å²) < 4.78 is 34.0. The second-order valence-electron chi connectivity index (χ2n) is 7.44. The van der Waals surface area contributed by atoms with Gasteiger partial charge in [-0.25, -0.2) is 8.42 Å². The number of fused-ring (bicyclic) bond motifs is 1. The van der Waals surface area contributed by atoms with Gasteiger partial charge in [0.1, 0.15) is 5.75 Å². The Hall–Kier alpha value is -3.32. The van der Waals surface area contributed by atoms with Crippen molar-refractivity contribution in [3.8, 4) is 5.75 Å². The van der Waals surface area contributed by atoms with E-state index in [1.807, 2.05) is 6.07 Å². The fraction of sp³-hybridized carbons (Fsp3) is 0.208. The second kappa shape index (κ2) is 8.81. The standard InChI is InChI=1S/C24H24N2O4S/c1-30-23-13-7-6-12-22(23)25-24(27)20-10-4-5-11-21(20)26-31(28,29)19-15-14-17-8-2-3-9-18(17)16-19/h4-7,10-16,26H,2-3,8-9H2,1H3,(H,25,27). The summed E-state index contributed by atoms with van der Waals surface area (Å²) in [4.78, 5) is 13.1. The molecule has 2 N–H and O–H groups in total. The van der Waals surface area contributed by atoms with E-state index < -0.39 is 15.9 Å². The number of rotatable bonds is 6. The average molecular weight is 437 g/mol. The molecule has 1 aliphatic rings. The van der Waals surface area contributed by atoms with Crippen LogP contribution < -0.4 is 14.8 Å². The topological polar surface area (TPSA) is 84.5 Å². The lowest BCUT2D eigenvalue weighted by Gasteiger charge is -2.18. The number of hydrogen-bond donors (Lipinski definition) is 2. The molecule has 0 heterocycles. The van der Waals surface area contributed by atoms with Gasteiger partial charge in [-0.05, 0) is 73.2 Å². The Balaban J connectivity index is 1.60. The highest BCUT2D eigenvalue weighted by atomic mass is 32.2. The lowest BCUT2D eigenvalue weighted by molar-refractivity contribution is 0.102. The van der Waals surface area contributed by atoms with E-state index in [9.17, 15) is 13.2 Å². The zero-order chi connectivity index (χ0) is 21.8. The highest BCUT2D eigenvalue weighted by Gasteiger charge is 2.21. The predicted molar refractivity (Wildman–Crippen MR) is 121 cm³/mol. The lowest BCUT2D eigenvalue weighted by atomic mass is 9.92. The van der Waals surface area contributed by atoms with Gasteiger partial charge in [0.2, 0.25) is 0 Å². The second-order valence-corrected chi connectivity index (χ2v) is 9.13. The molecule has 0 fully saturated rings. The fourth-order valence-corrected chi connectivity index (χ4v) is 4.92. The van der Waals surface area contributed by atoms with Crippen LogP contribution in [0.5, 0.6) is 5.75 Å². The van der Waals surface area contributed by atoms with Gasteiger partial charge in [-0.1, -0.05) is 30.3 Å². The molecule has 3 aromatic carbocycles. The smallest absolute Gasteiger partial charge is 0.261 e. The third-order valence-corrected chi connectivity index (χ3v) is 6.76. The van der Waals surface area contributed by atoms with E-state index in [0.717, 1.165) is 31.2 Å². The summed E-state index contributed by atoms with van der Waals surface area (Å²) >= 11 is 0. The van der Waals surface area contributed by atoms with Crippen LogP contribution in [0.25, 0.3) is 0 Å². The van der Waals surface area contributed by atoms with E-state index in [1.54, 1.807) is 60.7 Å². The fourth-order valence-electron chi connectivity index (χ4n) is 3.79. The Morgan fingerprint density at radius 1 is 0.871 bits per heavy atom. The summed E-state index contributed by atoms with van der Waals surface area (Å²) in [6.45, 7) is 0. The highest BCUT2D eigenvalue weighted by Crippen LogP contribution is 2.28. The number of ether oxygens (including phenoxy) is 1. The van der Waals surface area contributed by atoms with E-state index in [4.69, 9.17) is 4.74 Å². The number of aryl methyl sites for hydroxylation is 2. The minimum Gasteiger partial charge on any atom is -0.495 e. The Labute approximate surface area is 182 Å². The molecule has 0 bridgehead atoms. The van der Waals surface area contributed by atoms with Gasteiger partial charge in [0.05, 0.1) is 28.9 Å². The Morgan fingerprint density at radius 2 is 1.55 bits per heavy atom. The highest BCUT2D eigenvalue weighted by molar-refractivity contribution is 7.92. The first-order chi connectivity index (χ1) is 15.0. The molecule has 1 amide bonds. The molecule has 0 saturated heterocycles. The minimum atomic E-state index is -3.84. The molecule has 0 unspecified atom stereocenters. The van der Waals surface area contributed by atoms with Gasteiger partial charge in [0.25, 0.3) is 15.9 Å². The van der Waals surface area contributed by atoms with E-state index in [0.29, 0.717) is 11.4 Å². The molecule has 0 aromatic heterocycles. The van der Waals surface area contributed by atoms with Crippen LogP contribution in [-0.2, 0) is 22.9 Å². The van der Waals surface area contributed by atoms with Crippen molar-refractivity contribution < 1.29 is 17.9 Å². The third-order valence-electron chi connectivity index (χ3n) is 5.40. The molecule has 7 heteroatoms. The first-order valence-electron chi connectivity index (χ1n) is 10.2. The lowest BCUT2D eigenvalue weighted by Crippen LogP contribution is -2.19. The molecule has 0 radical (unpaired) electrons. The van der Waals surface area contributed by atoms with E-state index in [1.165, 1.54) is 12.7 Å². The van der Waals surface area contributed by atoms with Gasteiger partial charge in [0, 0.05) is 0 Å². The molecule has 6 nitrogen and oxygen atoms in total. The van der Waals surface area contributed by atoms with Crippen LogP contribution in [0.3, 0.4) is 0 Å². The summed E-state index contributed by atoms with van der Waals surface area (Å²) in [6, 6.07) is 18.8. The molecule has 0 atom stereocenters. The summed E-state index contributed by atoms with van der Waals surface area (Å²) in [6.07, 6.45) is 4.06. The number of benzene rings is 3. The van der Waals surface area contributed by atoms with Gasteiger partial charge in [-0.3, -0.25) is 9.52 Å². The Bertz CT molecular complexity index is 1220. The monoisotopic (exact) mass is 436 g/mol.